The van der Waals surface area contributed by atoms with Gasteiger partial charge in [-0.05, 0) is 18.2 Å². The average molecular weight is 250 g/mol. The summed E-state index contributed by atoms with van der Waals surface area (Å²) in [6.07, 6.45) is 0. The van der Waals surface area contributed by atoms with Crippen LogP contribution in [0.2, 0.25) is 5.02 Å². The smallest absolute Gasteiger partial charge is 0.123 e. The summed E-state index contributed by atoms with van der Waals surface area (Å²) < 4.78 is 5.23. The van der Waals surface area contributed by atoms with Crippen molar-refractivity contribution in [2.24, 2.45) is 0 Å². The second kappa shape index (κ2) is 6.94. The summed E-state index contributed by atoms with van der Waals surface area (Å²) in [5, 5.41) is 4.07. The molecule has 0 aromatic heterocycles. The van der Waals surface area contributed by atoms with Crippen molar-refractivity contribution in [1.29, 1.82) is 0 Å². The number of ether oxygens (including phenoxy) is 1. The van der Waals surface area contributed by atoms with Crippen LogP contribution in [0.1, 0.15) is 19.4 Å². The summed E-state index contributed by atoms with van der Waals surface area (Å²) in [5.74, 6) is 0.877. The molecule has 0 aliphatic carbocycles. The quantitative estimate of drug-likeness (QED) is 0.885. The van der Waals surface area contributed by atoms with E-state index in [1.54, 1.807) is 7.11 Å². The summed E-state index contributed by atoms with van der Waals surface area (Å²) in [5.41, 5.74) is 1.09. The van der Waals surface area contributed by atoms with Gasteiger partial charge >= 0.3 is 0 Å². The molecule has 1 N–H and O–H groups in total. The maximum Gasteiger partial charge on any atom is 0.123 e. The van der Waals surface area contributed by atoms with Gasteiger partial charge in [-0.15, -0.1) is 12.4 Å². The Morgan fingerprint density at radius 3 is 2.60 bits per heavy atom. The van der Waals surface area contributed by atoms with Crippen molar-refractivity contribution in [3.63, 3.8) is 0 Å². The topological polar surface area (TPSA) is 21.3 Å². The van der Waals surface area contributed by atoms with Gasteiger partial charge in [-0.3, -0.25) is 0 Å². The van der Waals surface area contributed by atoms with Crippen molar-refractivity contribution in [2.45, 2.75) is 26.4 Å². The van der Waals surface area contributed by atoms with E-state index < -0.39 is 0 Å². The molecule has 0 heterocycles. The Labute approximate surface area is 102 Å². The normalized spacial score (nSPS) is 9.93. The van der Waals surface area contributed by atoms with Crippen LogP contribution in [0.4, 0.5) is 0 Å². The van der Waals surface area contributed by atoms with Crippen LogP contribution in [0.3, 0.4) is 0 Å². The van der Waals surface area contributed by atoms with Crippen molar-refractivity contribution < 1.29 is 4.74 Å². The van der Waals surface area contributed by atoms with Crippen LogP contribution in [-0.2, 0) is 6.54 Å². The Hall–Kier alpha value is -0.440. The highest BCUT2D eigenvalue weighted by Crippen LogP contribution is 2.22. The predicted octanol–water partition coefficient (Wildman–Crippen LogP) is 3.27. The zero-order chi connectivity index (χ0) is 10.6. The molecule has 0 radical (unpaired) electrons. The molecule has 0 amide bonds. The Morgan fingerprint density at radius 2 is 2.07 bits per heavy atom. The van der Waals surface area contributed by atoms with Crippen LogP contribution in [-0.4, -0.2) is 13.2 Å². The van der Waals surface area contributed by atoms with E-state index in [1.807, 2.05) is 18.2 Å². The molecule has 0 saturated carbocycles. The highest BCUT2D eigenvalue weighted by Gasteiger charge is 2.03. The van der Waals surface area contributed by atoms with Gasteiger partial charge in [0.05, 0.1) is 7.11 Å². The highest BCUT2D eigenvalue weighted by atomic mass is 35.5. The van der Waals surface area contributed by atoms with E-state index in [0.717, 1.165) is 22.9 Å². The summed E-state index contributed by atoms with van der Waals surface area (Å²) in [7, 11) is 1.67. The minimum absolute atomic E-state index is 0. The third-order valence-electron chi connectivity index (χ3n) is 1.94. The van der Waals surface area contributed by atoms with Crippen molar-refractivity contribution in [3.8, 4) is 5.75 Å². The van der Waals surface area contributed by atoms with Crippen LogP contribution in [0, 0.1) is 0 Å². The van der Waals surface area contributed by atoms with Gasteiger partial charge in [-0.25, -0.2) is 0 Å². The Bertz CT molecular complexity index is 303. The van der Waals surface area contributed by atoms with Crippen molar-refractivity contribution in [2.75, 3.05) is 7.11 Å². The molecule has 15 heavy (non-hydrogen) atoms. The molecule has 0 saturated heterocycles. The van der Waals surface area contributed by atoms with Gasteiger partial charge < -0.3 is 10.1 Å². The van der Waals surface area contributed by atoms with E-state index in [4.69, 9.17) is 16.3 Å². The molecule has 0 unspecified atom stereocenters. The van der Waals surface area contributed by atoms with Gasteiger partial charge in [-0.2, -0.15) is 0 Å². The van der Waals surface area contributed by atoms with Gasteiger partial charge in [0, 0.05) is 23.2 Å². The molecule has 2 nitrogen and oxygen atoms in total. The van der Waals surface area contributed by atoms with Gasteiger partial charge in [0.15, 0.2) is 0 Å². The van der Waals surface area contributed by atoms with Gasteiger partial charge in [0.25, 0.3) is 0 Å². The SMILES string of the molecule is COc1ccc(Cl)cc1CNC(C)C.Cl. The number of nitrogens with one attached hydrogen (secondary N) is 1. The highest BCUT2D eigenvalue weighted by molar-refractivity contribution is 6.30. The zero-order valence-corrected chi connectivity index (χ0v) is 10.8. The van der Waals surface area contributed by atoms with Gasteiger partial charge in [0.2, 0.25) is 0 Å². The second-order valence-corrected chi connectivity index (χ2v) is 3.93. The Balaban J connectivity index is 0.00000196. The lowest BCUT2D eigenvalue weighted by Crippen LogP contribution is -2.22. The number of hydrogen-bond donors (Lipinski definition) is 1. The number of hydrogen-bond acceptors (Lipinski definition) is 2. The molecule has 0 atom stereocenters. The largest absolute Gasteiger partial charge is 0.496 e. The van der Waals surface area contributed by atoms with Crippen LogP contribution < -0.4 is 10.1 Å². The molecule has 1 aromatic carbocycles. The first-order valence-electron chi connectivity index (χ1n) is 4.69. The maximum atomic E-state index is 5.91. The van der Waals surface area contributed by atoms with Crippen LogP contribution >= 0.6 is 24.0 Å². The van der Waals surface area contributed by atoms with Crippen LogP contribution in [0.5, 0.6) is 5.75 Å². The fraction of sp³-hybridized carbons (Fsp3) is 0.455. The second-order valence-electron chi connectivity index (χ2n) is 3.49. The number of rotatable bonds is 4. The fourth-order valence-electron chi connectivity index (χ4n) is 1.20. The molecule has 0 aliphatic heterocycles. The van der Waals surface area contributed by atoms with E-state index >= 15 is 0 Å². The molecule has 86 valence electrons. The average Bonchev–Trinajstić information content (AvgIpc) is 2.15. The molecule has 0 bridgehead atoms. The van der Waals surface area contributed by atoms with Crippen molar-refractivity contribution in [1.82, 2.24) is 5.32 Å². The molecule has 0 spiro atoms. The third kappa shape index (κ3) is 4.74. The zero-order valence-electron chi connectivity index (χ0n) is 9.21. The minimum Gasteiger partial charge on any atom is -0.496 e. The first kappa shape index (κ1) is 14.6. The van der Waals surface area contributed by atoms with E-state index in [0.29, 0.717) is 6.04 Å². The molecule has 4 heteroatoms. The summed E-state index contributed by atoms with van der Waals surface area (Å²) >= 11 is 5.91. The van der Waals surface area contributed by atoms with Gasteiger partial charge in [0.1, 0.15) is 5.75 Å². The summed E-state index contributed by atoms with van der Waals surface area (Å²) in [4.78, 5) is 0. The monoisotopic (exact) mass is 249 g/mol. The van der Waals surface area contributed by atoms with E-state index in [9.17, 15) is 0 Å². The molecule has 0 fully saturated rings. The molecule has 1 aromatic rings. The van der Waals surface area contributed by atoms with Gasteiger partial charge in [-0.1, -0.05) is 25.4 Å². The third-order valence-corrected chi connectivity index (χ3v) is 2.18. The minimum atomic E-state index is 0. The first-order valence-corrected chi connectivity index (χ1v) is 5.07. The molecular formula is C11H17Cl2NO. The maximum absolute atomic E-state index is 5.91. The molecule has 1 rings (SSSR count). The van der Waals surface area contributed by atoms with Crippen molar-refractivity contribution in [3.05, 3.63) is 28.8 Å². The predicted molar refractivity (Wildman–Crippen MR) is 67.2 cm³/mol. The first-order chi connectivity index (χ1) is 6.63. The number of halogens is 2. The summed E-state index contributed by atoms with van der Waals surface area (Å²) in [6, 6.07) is 6.10. The molecule has 0 aliphatic rings. The number of methoxy groups -OCH3 is 1. The Morgan fingerprint density at radius 1 is 1.40 bits per heavy atom. The van der Waals surface area contributed by atoms with E-state index in [2.05, 4.69) is 19.2 Å². The lowest BCUT2D eigenvalue weighted by molar-refractivity contribution is 0.406. The lowest BCUT2D eigenvalue weighted by Gasteiger charge is -2.11. The summed E-state index contributed by atoms with van der Waals surface area (Å²) in [6.45, 7) is 5.00. The van der Waals surface area contributed by atoms with E-state index in [-0.39, 0.29) is 12.4 Å². The lowest BCUT2D eigenvalue weighted by atomic mass is 10.2. The fourth-order valence-corrected chi connectivity index (χ4v) is 1.39. The standard InChI is InChI=1S/C11H16ClNO.ClH/c1-8(2)13-7-9-6-10(12)4-5-11(9)14-3;/h4-6,8,13H,7H2,1-3H3;1H. The molecular weight excluding hydrogens is 233 g/mol. The Kier molecular flexibility index (Phi) is 6.73. The number of benzene rings is 1. The van der Waals surface area contributed by atoms with Crippen molar-refractivity contribution >= 4 is 24.0 Å². The van der Waals surface area contributed by atoms with Crippen LogP contribution in [0.25, 0.3) is 0 Å². The van der Waals surface area contributed by atoms with E-state index in [1.165, 1.54) is 0 Å². The van der Waals surface area contributed by atoms with Crippen LogP contribution in [0.15, 0.2) is 18.2 Å².